The van der Waals surface area contributed by atoms with Gasteiger partial charge in [0, 0.05) is 29.6 Å². The summed E-state index contributed by atoms with van der Waals surface area (Å²) in [6, 6.07) is 6.77. The van der Waals surface area contributed by atoms with E-state index >= 15 is 0 Å². The summed E-state index contributed by atoms with van der Waals surface area (Å²) in [6.45, 7) is 0. The molecule has 34 heavy (non-hydrogen) atoms. The molecule has 1 aliphatic carbocycles. The number of fused-ring (bicyclic) bond motifs is 1. The first-order valence-corrected chi connectivity index (χ1v) is 12.1. The van der Waals surface area contributed by atoms with Crippen LogP contribution in [0.15, 0.2) is 41.7 Å². The van der Waals surface area contributed by atoms with Crippen LogP contribution in [0.3, 0.4) is 0 Å². The van der Waals surface area contributed by atoms with Crippen molar-refractivity contribution in [1.29, 1.82) is 5.26 Å². The second-order valence-corrected chi connectivity index (χ2v) is 10.3. The topological polar surface area (TPSA) is 135 Å². The zero-order chi connectivity index (χ0) is 24.1. The van der Waals surface area contributed by atoms with Gasteiger partial charge in [-0.25, -0.2) is 27.2 Å². The number of pyridine rings is 2. The summed E-state index contributed by atoms with van der Waals surface area (Å²) >= 11 is 0.665. The van der Waals surface area contributed by atoms with Gasteiger partial charge in [0.25, 0.3) is 6.43 Å². The van der Waals surface area contributed by atoms with Crippen molar-refractivity contribution in [3.05, 3.63) is 41.8 Å². The second kappa shape index (κ2) is 8.05. The molecule has 0 amide bonds. The van der Waals surface area contributed by atoms with Gasteiger partial charge in [-0.15, -0.1) is 10.2 Å². The number of hydrogen-bond donors (Lipinski definition) is 1. The number of methoxy groups -OCH3 is 1. The van der Waals surface area contributed by atoms with Crippen LogP contribution in [-0.4, -0.2) is 45.6 Å². The molecule has 174 valence electrons. The van der Waals surface area contributed by atoms with Gasteiger partial charge in [0.1, 0.15) is 5.54 Å². The van der Waals surface area contributed by atoms with E-state index in [1.807, 2.05) is 6.07 Å². The van der Waals surface area contributed by atoms with Gasteiger partial charge < -0.3 is 4.74 Å². The summed E-state index contributed by atoms with van der Waals surface area (Å²) in [4.78, 5) is 8.34. The molecular formula is C20H15F2N7O3S2. The molecule has 1 N–H and O–H groups in total. The van der Waals surface area contributed by atoms with Crippen LogP contribution in [0.1, 0.15) is 24.3 Å². The highest BCUT2D eigenvalue weighted by atomic mass is 32.2. The first kappa shape index (κ1) is 22.3. The Morgan fingerprint density at radius 3 is 2.65 bits per heavy atom. The molecule has 0 spiro atoms. The maximum absolute atomic E-state index is 13.2. The Labute approximate surface area is 195 Å². The number of nitrogens with one attached hydrogen (secondary N) is 1. The number of sulfonamides is 1. The van der Waals surface area contributed by atoms with E-state index in [1.54, 1.807) is 12.1 Å². The molecule has 0 aromatic carbocycles. The minimum atomic E-state index is -4.11. The first-order chi connectivity index (χ1) is 16.2. The molecule has 4 aromatic rings. The summed E-state index contributed by atoms with van der Waals surface area (Å²) in [6.07, 6.45) is 2.36. The van der Waals surface area contributed by atoms with Gasteiger partial charge in [-0.1, -0.05) is 11.3 Å². The number of rotatable bonds is 7. The van der Waals surface area contributed by atoms with Crippen molar-refractivity contribution in [3.8, 4) is 33.9 Å². The van der Waals surface area contributed by atoms with Crippen LogP contribution in [-0.2, 0) is 10.0 Å². The van der Waals surface area contributed by atoms with E-state index in [9.17, 15) is 22.5 Å². The third kappa shape index (κ3) is 3.87. The molecule has 0 aliphatic heterocycles. The second-order valence-electron chi connectivity index (χ2n) is 7.56. The fourth-order valence-electron chi connectivity index (χ4n) is 3.36. The molecule has 4 aromatic heterocycles. The van der Waals surface area contributed by atoms with E-state index in [1.165, 1.54) is 36.2 Å². The van der Waals surface area contributed by atoms with Crippen LogP contribution in [0, 0.1) is 11.3 Å². The zero-order valence-electron chi connectivity index (χ0n) is 17.4. The van der Waals surface area contributed by atoms with Gasteiger partial charge in [-0.2, -0.15) is 9.98 Å². The third-order valence-electron chi connectivity index (χ3n) is 5.29. The van der Waals surface area contributed by atoms with Gasteiger partial charge >= 0.3 is 0 Å². The van der Waals surface area contributed by atoms with Crippen molar-refractivity contribution >= 4 is 26.9 Å². The van der Waals surface area contributed by atoms with Crippen molar-refractivity contribution < 1.29 is 21.9 Å². The van der Waals surface area contributed by atoms with Gasteiger partial charge in [-0.3, -0.25) is 4.40 Å². The Morgan fingerprint density at radius 1 is 1.26 bits per heavy atom. The number of alkyl halides is 2. The van der Waals surface area contributed by atoms with Crippen LogP contribution >= 0.6 is 11.3 Å². The molecule has 4 heterocycles. The molecule has 1 fully saturated rings. The lowest BCUT2D eigenvalue weighted by Gasteiger charge is -2.13. The number of nitrogens with zero attached hydrogens (tertiary/aromatic N) is 6. The molecule has 0 unspecified atom stereocenters. The lowest BCUT2D eigenvalue weighted by molar-refractivity contribution is 0.150. The number of ether oxygens (including phenoxy) is 1. The normalized spacial score (nSPS) is 14.9. The van der Waals surface area contributed by atoms with Crippen LogP contribution in [0.25, 0.3) is 27.5 Å². The Hall–Kier alpha value is -3.54. The highest BCUT2D eigenvalue weighted by molar-refractivity contribution is 7.89. The van der Waals surface area contributed by atoms with Crippen LogP contribution in [0.2, 0.25) is 0 Å². The monoisotopic (exact) mass is 503 g/mol. The van der Waals surface area contributed by atoms with Gasteiger partial charge in [-0.05, 0) is 25.0 Å². The van der Waals surface area contributed by atoms with Crippen LogP contribution in [0.4, 0.5) is 8.78 Å². The smallest absolute Gasteiger partial charge is 0.291 e. The highest BCUT2D eigenvalue weighted by Crippen LogP contribution is 2.37. The number of hydrogen-bond acceptors (Lipinski definition) is 9. The van der Waals surface area contributed by atoms with Gasteiger partial charge in [0.05, 0.1) is 29.8 Å². The predicted molar refractivity (Wildman–Crippen MR) is 117 cm³/mol. The molecule has 1 saturated carbocycles. The van der Waals surface area contributed by atoms with Crippen molar-refractivity contribution in [1.82, 2.24) is 29.3 Å². The van der Waals surface area contributed by atoms with E-state index < -0.39 is 27.0 Å². The first-order valence-electron chi connectivity index (χ1n) is 9.84. The average molecular weight is 504 g/mol. The molecular weight excluding hydrogens is 488 g/mol. The van der Waals surface area contributed by atoms with Crippen molar-refractivity contribution in [2.45, 2.75) is 29.7 Å². The minimum Gasteiger partial charge on any atom is -0.481 e. The molecule has 0 bridgehead atoms. The van der Waals surface area contributed by atoms with Crippen molar-refractivity contribution in [3.63, 3.8) is 0 Å². The van der Waals surface area contributed by atoms with E-state index in [0.717, 1.165) is 0 Å². The Bertz CT molecular complexity index is 1540. The van der Waals surface area contributed by atoms with E-state index in [4.69, 9.17) is 4.74 Å². The van der Waals surface area contributed by atoms with Crippen LogP contribution in [0.5, 0.6) is 5.88 Å². The molecule has 0 radical (unpaired) electrons. The predicted octanol–water partition coefficient (Wildman–Crippen LogP) is 3.20. The summed E-state index contributed by atoms with van der Waals surface area (Å²) in [5.41, 5.74) is 0.410. The third-order valence-corrected chi connectivity index (χ3v) is 7.72. The fourth-order valence-corrected chi connectivity index (χ4v) is 5.45. The van der Waals surface area contributed by atoms with E-state index in [0.29, 0.717) is 46.7 Å². The van der Waals surface area contributed by atoms with E-state index in [2.05, 4.69) is 24.9 Å². The van der Waals surface area contributed by atoms with Gasteiger partial charge in [0.15, 0.2) is 15.8 Å². The fraction of sp³-hybridized carbons (Fsp3) is 0.250. The number of aromatic nitrogens is 5. The summed E-state index contributed by atoms with van der Waals surface area (Å²) in [5, 5.41) is 16.3. The molecule has 5 rings (SSSR count). The Kier molecular flexibility index (Phi) is 5.27. The minimum absolute atomic E-state index is 0.104. The van der Waals surface area contributed by atoms with Crippen molar-refractivity contribution in [2.24, 2.45) is 0 Å². The summed E-state index contributed by atoms with van der Waals surface area (Å²) in [5.74, 6) is 0.526. The van der Waals surface area contributed by atoms with Crippen molar-refractivity contribution in [2.75, 3.05) is 7.11 Å². The molecule has 0 atom stereocenters. The standard InChI is InChI=1S/C20H15F2N7O3S2/c1-32-15-3-2-11(7-24-15)13-6-12(34(30,31)28-20(10-23)4-5-20)9-29-14(13)8-25-17(29)19-27-26-18(33-19)16(21)22/h2-3,6-9,16,28H,4-5H2,1H3. The molecule has 14 heteroatoms. The lowest BCUT2D eigenvalue weighted by atomic mass is 10.1. The summed E-state index contributed by atoms with van der Waals surface area (Å²) in [7, 11) is -2.63. The lowest BCUT2D eigenvalue weighted by Crippen LogP contribution is -2.35. The number of nitriles is 1. The van der Waals surface area contributed by atoms with E-state index in [-0.39, 0.29) is 15.7 Å². The molecule has 0 saturated heterocycles. The molecule has 10 nitrogen and oxygen atoms in total. The Morgan fingerprint density at radius 2 is 2.06 bits per heavy atom. The van der Waals surface area contributed by atoms with Crippen LogP contribution < -0.4 is 9.46 Å². The maximum atomic E-state index is 13.2. The maximum Gasteiger partial charge on any atom is 0.291 e. The highest BCUT2D eigenvalue weighted by Gasteiger charge is 2.47. The Balaban J connectivity index is 1.71. The SMILES string of the molecule is COc1ccc(-c2cc(S(=O)(=O)NC3(C#N)CC3)cn3c(-c4nnc(C(F)F)s4)ncc23)cn1. The largest absolute Gasteiger partial charge is 0.481 e. The number of imidazole rings is 1. The zero-order valence-corrected chi connectivity index (χ0v) is 19.1. The molecule has 1 aliphatic rings. The average Bonchev–Trinajstić information content (AvgIpc) is 3.22. The quantitative estimate of drug-likeness (QED) is 0.406. The summed E-state index contributed by atoms with van der Waals surface area (Å²) < 4.78 is 61.5. The number of halogens is 2. The van der Waals surface area contributed by atoms with Gasteiger partial charge in [0.2, 0.25) is 15.9 Å².